The first-order valence-electron chi connectivity index (χ1n) is 6.92. The molecule has 0 aliphatic carbocycles. The summed E-state index contributed by atoms with van der Waals surface area (Å²) in [5.41, 5.74) is 2.30. The average Bonchev–Trinajstić information content (AvgIpc) is 3.11. The van der Waals surface area contributed by atoms with Gasteiger partial charge in [-0.15, -0.1) is 10.2 Å². The summed E-state index contributed by atoms with van der Waals surface area (Å²) in [5.74, 6) is 0. The minimum Gasteiger partial charge on any atom is -0.353 e. The van der Waals surface area contributed by atoms with Crippen LogP contribution in [0.1, 0.15) is 29.1 Å². The van der Waals surface area contributed by atoms with E-state index in [1.54, 1.807) is 16.0 Å². The number of rotatable bonds is 5. The maximum atomic E-state index is 5.89. The lowest BCUT2D eigenvalue weighted by molar-refractivity contribution is 0.765. The van der Waals surface area contributed by atoms with Crippen LogP contribution >= 0.6 is 22.9 Å². The van der Waals surface area contributed by atoms with E-state index in [-0.39, 0.29) is 6.04 Å². The third-order valence-corrected chi connectivity index (χ3v) is 4.41. The molecule has 1 atom stereocenters. The molecule has 0 saturated heterocycles. The molecule has 0 amide bonds. The number of aromatic nitrogens is 4. The van der Waals surface area contributed by atoms with Gasteiger partial charge in [-0.2, -0.15) is 5.10 Å². The Balaban J connectivity index is 1.64. The molecular formula is C15H16ClN5S. The van der Waals surface area contributed by atoms with Gasteiger partial charge < -0.3 is 5.32 Å². The van der Waals surface area contributed by atoms with E-state index in [4.69, 9.17) is 11.6 Å². The zero-order valence-electron chi connectivity index (χ0n) is 12.3. The number of nitrogens with one attached hydrogen (secondary N) is 1. The highest BCUT2D eigenvalue weighted by molar-refractivity contribution is 7.15. The van der Waals surface area contributed by atoms with Crippen LogP contribution in [0.25, 0.3) is 0 Å². The predicted molar refractivity (Wildman–Crippen MR) is 89.4 cm³/mol. The number of nitrogens with zero attached hydrogens (tertiary/aromatic N) is 4. The first-order valence-corrected chi connectivity index (χ1v) is 8.11. The molecule has 0 radical (unpaired) electrons. The lowest BCUT2D eigenvalue weighted by Gasteiger charge is -2.09. The molecule has 7 heteroatoms. The van der Waals surface area contributed by atoms with E-state index in [9.17, 15) is 0 Å². The molecule has 3 rings (SSSR count). The second-order valence-corrected chi connectivity index (χ2v) is 6.62. The van der Waals surface area contributed by atoms with Crippen LogP contribution in [0.2, 0.25) is 5.02 Å². The molecule has 0 bridgehead atoms. The normalized spacial score (nSPS) is 12.3. The lowest BCUT2D eigenvalue weighted by atomic mass is 10.2. The molecule has 1 N–H and O–H groups in total. The minimum absolute atomic E-state index is 0.144. The fourth-order valence-electron chi connectivity index (χ4n) is 2.09. The fraction of sp³-hybridized carbons (Fsp3) is 0.267. The molecule has 114 valence electrons. The molecule has 2 aromatic heterocycles. The van der Waals surface area contributed by atoms with Crippen molar-refractivity contribution < 1.29 is 0 Å². The van der Waals surface area contributed by atoms with Gasteiger partial charge in [0, 0.05) is 30.3 Å². The fourth-order valence-corrected chi connectivity index (χ4v) is 3.08. The monoisotopic (exact) mass is 333 g/mol. The van der Waals surface area contributed by atoms with Crippen LogP contribution < -0.4 is 5.32 Å². The number of benzene rings is 1. The van der Waals surface area contributed by atoms with Crippen molar-refractivity contribution in [1.82, 2.24) is 20.0 Å². The quantitative estimate of drug-likeness (QED) is 0.773. The second kappa shape index (κ2) is 6.46. The van der Waals surface area contributed by atoms with E-state index in [2.05, 4.69) is 27.5 Å². The summed E-state index contributed by atoms with van der Waals surface area (Å²) in [4.78, 5) is 0. The van der Waals surface area contributed by atoms with Gasteiger partial charge in [-0.1, -0.05) is 35.1 Å². The summed E-state index contributed by atoms with van der Waals surface area (Å²) in [5, 5.41) is 18.5. The van der Waals surface area contributed by atoms with Crippen molar-refractivity contribution in [2.75, 3.05) is 5.32 Å². The second-order valence-electron chi connectivity index (χ2n) is 5.12. The Kier molecular flexibility index (Phi) is 4.40. The van der Waals surface area contributed by atoms with Crippen LogP contribution in [0.3, 0.4) is 0 Å². The highest BCUT2D eigenvalue weighted by Crippen LogP contribution is 2.23. The maximum Gasteiger partial charge on any atom is 0.206 e. The Morgan fingerprint density at radius 1 is 1.27 bits per heavy atom. The van der Waals surface area contributed by atoms with Crippen molar-refractivity contribution in [2.24, 2.45) is 7.05 Å². The Morgan fingerprint density at radius 3 is 2.73 bits per heavy atom. The zero-order chi connectivity index (χ0) is 15.5. The molecule has 3 aromatic rings. The van der Waals surface area contributed by atoms with Crippen LogP contribution in [-0.2, 0) is 13.5 Å². The van der Waals surface area contributed by atoms with Gasteiger partial charge in [0.2, 0.25) is 5.13 Å². The Hall–Kier alpha value is -1.92. The van der Waals surface area contributed by atoms with Crippen molar-refractivity contribution in [3.8, 4) is 0 Å². The number of anilines is 1. The Labute approximate surface area is 138 Å². The number of aryl methyl sites for hydroxylation is 1. The SMILES string of the molecule is CC(Nc1nnc(Cc2ccc(Cl)cc2)s1)c1cnn(C)c1. The molecule has 1 unspecified atom stereocenters. The molecule has 0 fully saturated rings. The van der Waals surface area contributed by atoms with Crippen molar-refractivity contribution in [1.29, 1.82) is 0 Å². The lowest BCUT2D eigenvalue weighted by Crippen LogP contribution is -2.05. The minimum atomic E-state index is 0.144. The van der Waals surface area contributed by atoms with Gasteiger partial charge in [0.15, 0.2) is 0 Å². The summed E-state index contributed by atoms with van der Waals surface area (Å²) in [6.45, 7) is 2.08. The van der Waals surface area contributed by atoms with Gasteiger partial charge >= 0.3 is 0 Å². The van der Waals surface area contributed by atoms with Gasteiger partial charge in [-0.3, -0.25) is 4.68 Å². The van der Waals surface area contributed by atoms with Crippen molar-refractivity contribution in [2.45, 2.75) is 19.4 Å². The molecule has 0 aliphatic rings. The summed E-state index contributed by atoms with van der Waals surface area (Å²) in [6.07, 6.45) is 4.61. The summed E-state index contributed by atoms with van der Waals surface area (Å²) in [6, 6.07) is 7.94. The van der Waals surface area contributed by atoms with Crippen molar-refractivity contribution in [3.05, 3.63) is 57.8 Å². The first kappa shape index (κ1) is 15.0. The third-order valence-electron chi connectivity index (χ3n) is 3.30. The van der Waals surface area contributed by atoms with E-state index in [1.807, 2.05) is 43.7 Å². The topological polar surface area (TPSA) is 55.6 Å². The van der Waals surface area contributed by atoms with E-state index in [0.29, 0.717) is 0 Å². The molecule has 22 heavy (non-hydrogen) atoms. The molecule has 0 saturated carbocycles. The van der Waals surface area contributed by atoms with E-state index in [1.165, 1.54) is 5.56 Å². The van der Waals surface area contributed by atoms with Gasteiger partial charge in [-0.25, -0.2) is 0 Å². The molecular weight excluding hydrogens is 318 g/mol. The number of halogens is 1. The molecule has 1 aromatic carbocycles. The van der Waals surface area contributed by atoms with Crippen LogP contribution in [0, 0.1) is 0 Å². The first-order chi connectivity index (χ1) is 10.6. The smallest absolute Gasteiger partial charge is 0.206 e. The largest absolute Gasteiger partial charge is 0.353 e. The van der Waals surface area contributed by atoms with Gasteiger partial charge in [0.25, 0.3) is 0 Å². The number of hydrogen-bond donors (Lipinski definition) is 1. The van der Waals surface area contributed by atoms with Crippen LogP contribution in [-0.4, -0.2) is 20.0 Å². The van der Waals surface area contributed by atoms with Crippen LogP contribution in [0.4, 0.5) is 5.13 Å². The maximum absolute atomic E-state index is 5.89. The zero-order valence-corrected chi connectivity index (χ0v) is 13.9. The molecule has 5 nitrogen and oxygen atoms in total. The van der Waals surface area contributed by atoms with Crippen molar-refractivity contribution >= 4 is 28.1 Å². The van der Waals surface area contributed by atoms with Crippen LogP contribution in [0.15, 0.2) is 36.7 Å². The Bertz CT molecular complexity index is 749. The predicted octanol–water partition coefficient (Wildman–Crippen LogP) is 3.69. The standard InChI is InChI=1S/C15H16ClN5S/c1-10(12-8-17-21(2)9-12)18-15-20-19-14(22-15)7-11-3-5-13(16)6-4-11/h3-6,8-10H,7H2,1-2H3,(H,18,20). The van der Waals surface area contributed by atoms with Gasteiger partial charge in [0.05, 0.1) is 12.2 Å². The Morgan fingerprint density at radius 2 is 2.05 bits per heavy atom. The third kappa shape index (κ3) is 3.64. The summed E-state index contributed by atoms with van der Waals surface area (Å²) < 4.78 is 1.79. The van der Waals surface area contributed by atoms with E-state index >= 15 is 0 Å². The summed E-state index contributed by atoms with van der Waals surface area (Å²) in [7, 11) is 1.91. The molecule has 0 spiro atoms. The van der Waals surface area contributed by atoms with Gasteiger partial charge in [0.1, 0.15) is 5.01 Å². The highest BCUT2D eigenvalue weighted by Gasteiger charge is 2.11. The van der Waals surface area contributed by atoms with Crippen molar-refractivity contribution in [3.63, 3.8) is 0 Å². The molecule has 2 heterocycles. The van der Waals surface area contributed by atoms with E-state index < -0.39 is 0 Å². The molecule has 0 aliphatic heterocycles. The summed E-state index contributed by atoms with van der Waals surface area (Å²) >= 11 is 7.46. The highest BCUT2D eigenvalue weighted by atomic mass is 35.5. The number of hydrogen-bond acceptors (Lipinski definition) is 5. The van der Waals surface area contributed by atoms with Gasteiger partial charge in [-0.05, 0) is 24.6 Å². The van der Waals surface area contributed by atoms with E-state index in [0.717, 1.165) is 27.1 Å². The van der Waals surface area contributed by atoms with Crippen LogP contribution in [0.5, 0.6) is 0 Å². The average molecular weight is 334 g/mol.